The van der Waals surface area contributed by atoms with Crippen molar-refractivity contribution in [1.82, 2.24) is 25.5 Å². The molecule has 7 heteroatoms. The largest absolute Gasteiger partial charge is 0.367 e. The number of aromatic nitrogens is 2. The van der Waals surface area contributed by atoms with Gasteiger partial charge in [-0.1, -0.05) is 36.4 Å². The molecule has 33 heavy (non-hydrogen) atoms. The number of nitrogens with zero attached hydrogens (tertiary/aromatic N) is 3. The number of fused-ring (bicyclic) bond motifs is 1. The number of anilines is 2. The molecule has 0 aliphatic carbocycles. The lowest BCUT2D eigenvalue weighted by atomic mass is 10.1. The zero-order valence-corrected chi connectivity index (χ0v) is 19.9. The van der Waals surface area contributed by atoms with Gasteiger partial charge in [-0.2, -0.15) is 4.98 Å². The van der Waals surface area contributed by atoms with Crippen LogP contribution in [0.15, 0.2) is 48.5 Å². The van der Waals surface area contributed by atoms with Gasteiger partial charge in [-0.3, -0.25) is 0 Å². The minimum Gasteiger partial charge on any atom is -0.367 e. The first-order valence-corrected chi connectivity index (χ1v) is 12.1. The van der Waals surface area contributed by atoms with E-state index in [1.54, 1.807) is 0 Å². The Bertz CT molecular complexity index is 997. The molecule has 0 amide bonds. The second kappa shape index (κ2) is 11.9. The van der Waals surface area contributed by atoms with Gasteiger partial charge in [-0.05, 0) is 82.8 Å². The third kappa shape index (κ3) is 7.12. The predicted molar refractivity (Wildman–Crippen MR) is 138 cm³/mol. The van der Waals surface area contributed by atoms with Crippen LogP contribution in [-0.2, 0) is 13.1 Å². The first kappa shape index (κ1) is 23.4. The van der Waals surface area contributed by atoms with Crippen LogP contribution in [0.1, 0.15) is 30.4 Å². The molecular weight excluding hydrogens is 410 g/mol. The average Bonchev–Trinajstić information content (AvgIpc) is 2.84. The number of piperidine rings is 1. The van der Waals surface area contributed by atoms with Gasteiger partial charge >= 0.3 is 0 Å². The summed E-state index contributed by atoms with van der Waals surface area (Å²) in [4.78, 5) is 11.8. The summed E-state index contributed by atoms with van der Waals surface area (Å²) in [5.41, 5.74) is 3.48. The summed E-state index contributed by atoms with van der Waals surface area (Å²) in [5, 5.41) is 15.1. The average molecular weight is 448 g/mol. The van der Waals surface area contributed by atoms with Gasteiger partial charge in [0.2, 0.25) is 5.95 Å². The number of para-hydroxylation sites is 1. The SMILES string of the molecule is CN(C)CCCNCc1ccc(CNc2nc(NC3CCNCC3)c3ccccc3n2)cc1. The van der Waals surface area contributed by atoms with Crippen LogP contribution in [0.4, 0.5) is 11.8 Å². The quantitative estimate of drug-likeness (QED) is 0.335. The van der Waals surface area contributed by atoms with E-state index in [-0.39, 0.29) is 0 Å². The molecule has 2 aromatic carbocycles. The minimum absolute atomic E-state index is 0.446. The lowest BCUT2D eigenvalue weighted by Gasteiger charge is -2.25. The molecule has 0 unspecified atom stereocenters. The van der Waals surface area contributed by atoms with Crippen LogP contribution in [0.5, 0.6) is 0 Å². The highest BCUT2D eigenvalue weighted by molar-refractivity contribution is 5.90. The van der Waals surface area contributed by atoms with Crippen molar-refractivity contribution in [3.05, 3.63) is 59.7 Å². The molecule has 4 rings (SSSR count). The summed E-state index contributed by atoms with van der Waals surface area (Å²) in [6.45, 7) is 5.85. The van der Waals surface area contributed by atoms with Crippen molar-refractivity contribution in [2.75, 3.05) is 50.9 Å². The van der Waals surface area contributed by atoms with Gasteiger partial charge in [0.05, 0.1) is 5.52 Å². The summed E-state index contributed by atoms with van der Waals surface area (Å²) >= 11 is 0. The van der Waals surface area contributed by atoms with Crippen LogP contribution in [0.25, 0.3) is 10.9 Å². The minimum atomic E-state index is 0.446. The maximum Gasteiger partial charge on any atom is 0.225 e. The molecule has 0 saturated carbocycles. The lowest BCUT2D eigenvalue weighted by molar-refractivity contribution is 0.394. The van der Waals surface area contributed by atoms with Crippen molar-refractivity contribution in [2.45, 2.75) is 38.4 Å². The van der Waals surface area contributed by atoms with Gasteiger partial charge in [-0.25, -0.2) is 4.98 Å². The van der Waals surface area contributed by atoms with Crippen LogP contribution in [0.2, 0.25) is 0 Å². The molecule has 1 aromatic heterocycles. The Morgan fingerprint density at radius 2 is 1.67 bits per heavy atom. The van der Waals surface area contributed by atoms with Crippen LogP contribution in [-0.4, -0.2) is 61.2 Å². The van der Waals surface area contributed by atoms with Gasteiger partial charge in [-0.15, -0.1) is 0 Å². The monoisotopic (exact) mass is 447 g/mol. The van der Waals surface area contributed by atoms with E-state index < -0.39 is 0 Å². The van der Waals surface area contributed by atoms with E-state index in [0.717, 1.165) is 68.7 Å². The van der Waals surface area contributed by atoms with Gasteiger partial charge in [0.15, 0.2) is 0 Å². The van der Waals surface area contributed by atoms with Gasteiger partial charge < -0.3 is 26.2 Å². The molecule has 1 aliphatic rings. The van der Waals surface area contributed by atoms with Crippen molar-refractivity contribution in [3.8, 4) is 0 Å². The zero-order chi connectivity index (χ0) is 22.9. The molecule has 0 radical (unpaired) electrons. The molecule has 0 spiro atoms. The molecule has 1 saturated heterocycles. The van der Waals surface area contributed by atoms with E-state index in [1.807, 2.05) is 12.1 Å². The maximum absolute atomic E-state index is 4.83. The normalized spacial score (nSPS) is 14.6. The highest BCUT2D eigenvalue weighted by Crippen LogP contribution is 2.24. The van der Waals surface area contributed by atoms with Crippen molar-refractivity contribution in [1.29, 1.82) is 0 Å². The van der Waals surface area contributed by atoms with Crippen LogP contribution >= 0.6 is 0 Å². The summed E-state index contributed by atoms with van der Waals surface area (Å²) in [5.74, 6) is 1.59. The van der Waals surface area contributed by atoms with E-state index in [0.29, 0.717) is 18.5 Å². The van der Waals surface area contributed by atoms with Crippen molar-refractivity contribution in [3.63, 3.8) is 0 Å². The Morgan fingerprint density at radius 3 is 2.42 bits per heavy atom. The van der Waals surface area contributed by atoms with Crippen molar-refractivity contribution < 1.29 is 0 Å². The van der Waals surface area contributed by atoms with E-state index in [4.69, 9.17) is 9.97 Å². The summed E-state index contributed by atoms with van der Waals surface area (Å²) in [6.07, 6.45) is 3.38. The lowest BCUT2D eigenvalue weighted by Crippen LogP contribution is -2.35. The topological polar surface area (TPSA) is 77.1 Å². The summed E-state index contributed by atoms with van der Waals surface area (Å²) in [6, 6.07) is 17.4. The summed E-state index contributed by atoms with van der Waals surface area (Å²) in [7, 11) is 4.23. The Labute approximate surface area is 197 Å². The number of nitrogens with one attached hydrogen (secondary N) is 4. The molecule has 0 atom stereocenters. The van der Waals surface area contributed by atoms with Crippen molar-refractivity contribution >= 4 is 22.7 Å². The van der Waals surface area contributed by atoms with Crippen LogP contribution in [0.3, 0.4) is 0 Å². The Kier molecular flexibility index (Phi) is 8.47. The molecular formula is C26H37N7. The van der Waals surface area contributed by atoms with E-state index in [9.17, 15) is 0 Å². The number of rotatable bonds is 11. The molecule has 1 fully saturated rings. The standard InChI is InChI=1S/C26H37N7/c1-33(2)17-5-14-28-18-20-8-10-21(11-9-20)19-29-26-31-24-7-4-3-6-23(24)25(32-26)30-22-12-15-27-16-13-22/h3-4,6-11,22,27-28H,5,12-19H2,1-2H3,(H2,29,30,31,32). The molecule has 1 aliphatic heterocycles. The van der Waals surface area contributed by atoms with E-state index >= 15 is 0 Å². The van der Waals surface area contributed by atoms with Crippen LogP contribution < -0.4 is 21.3 Å². The maximum atomic E-state index is 4.83. The van der Waals surface area contributed by atoms with Gasteiger partial charge in [0.1, 0.15) is 5.82 Å². The van der Waals surface area contributed by atoms with E-state index in [2.05, 4.69) is 76.7 Å². The smallest absolute Gasteiger partial charge is 0.225 e. The highest BCUT2D eigenvalue weighted by Gasteiger charge is 2.15. The fourth-order valence-corrected chi connectivity index (χ4v) is 4.13. The fraction of sp³-hybridized carbons (Fsp3) is 0.462. The van der Waals surface area contributed by atoms with Gasteiger partial charge in [0, 0.05) is 24.5 Å². The molecule has 4 N–H and O–H groups in total. The van der Waals surface area contributed by atoms with E-state index in [1.165, 1.54) is 11.1 Å². The van der Waals surface area contributed by atoms with Crippen LogP contribution in [0, 0.1) is 0 Å². The number of hydrogen-bond acceptors (Lipinski definition) is 7. The third-order valence-corrected chi connectivity index (χ3v) is 6.04. The third-order valence-electron chi connectivity index (χ3n) is 6.04. The summed E-state index contributed by atoms with van der Waals surface area (Å²) < 4.78 is 0. The molecule has 0 bridgehead atoms. The predicted octanol–water partition coefficient (Wildman–Crippen LogP) is 3.45. The zero-order valence-electron chi connectivity index (χ0n) is 19.9. The molecule has 7 nitrogen and oxygen atoms in total. The second-order valence-electron chi connectivity index (χ2n) is 9.09. The molecule has 2 heterocycles. The number of hydrogen-bond donors (Lipinski definition) is 4. The Hall–Kier alpha value is -2.74. The second-order valence-corrected chi connectivity index (χ2v) is 9.09. The van der Waals surface area contributed by atoms with Crippen molar-refractivity contribution in [2.24, 2.45) is 0 Å². The molecule has 176 valence electrons. The first-order valence-electron chi connectivity index (χ1n) is 12.1. The Morgan fingerprint density at radius 1 is 0.939 bits per heavy atom. The molecule has 3 aromatic rings. The first-order chi connectivity index (χ1) is 16.2. The number of benzene rings is 2. The van der Waals surface area contributed by atoms with Gasteiger partial charge in [0.25, 0.3) is 0 Å². The fourth-order valence-electron chi connectivity index (χ4n) is 4.13. The Balaban J connectivity index is 1.34. The highest BCUT2D eigenvalue weighted by atomic mass is 15.2.